The molecule has 0 aliphatic heterocycles. The van der Waals surface area contributed by atoms with E-state index < -0.39 is 31.7 Å². The molecule has 0 bridgehead atoms. The van der Waals surface area contributed by atoms with Crippen LogP contribution in [0.2, 0.25) is 0 Å². The molecule has 0 saturated heterocycles. The van der Waals surface area contributed by atoms with E-state index in [1.54, 1.807) is 63.0 Å². The number of carbonyl (C=O) groups excluding carboxylic acids is 1. The third-order valence-corrected chi connectivity index (χ3v) is 9.87. The topological polar surface area (TPSA) is 222 Å². The van der Waals surface area contributed by atoms with E-state index in [4.69, 9.17) is 24.1 Å². The maximum atomic E-state index is 12.4. The average molecular weight is 999 g/mol. The van der Waals surface area contributed by atoms with Crippen LogP contribution >= 0.6 is 45.4 Å². The van der Waals surface area contributed by atoms with E-state index >= 15 is 0 Å². The molecule has 0 aromatic carbocycles. The fourth-order valence-corrected chi connectivity index (χ4v) is 6.93. The molecule has 0 radical (unpaired) electrons. The molecule has 0 fully saturated rings. The highest BCUT2D eigenvalue weighted by atomic mass is 79.9. The molecule has 0 saturated carbocycles. The lowest BCUT2D eigenvalue weighted by molar-refractivity contribution is -0.122. The molecule has 4 N–H and O–H groups in total. The quantitative estimate of drug-likeness (QED) is 0.106. The van der Waals surface area contributed by atoms with Gasteiger partial charge in [0.25, 0.3) is 6.47 Å². The Kier molecular flexibility index (Phi) is 27.6. The summed E-state index contributed by atoms with van der Waals surface area (Å²) >= 11 is 6.59. The van der Waals surface area contributed by atoms with Crippen molar-refractivity contribution in [3.63, 3.8) is 0 Å². The molecule has 0 unspecified atom stereocenters. The molecule has 2 rings (SSSR count). The van der Waals surface area contributed by atoms with Gasteiger partial charge >= 0.3 is 6.09 Å². The minimum atomic E-state index is -3.57. The van der Waals surface area contributed by atoms with E-state index in [1.165, 1.54) is 6.20 Å². The summed E-state index contributed by atoms with van der Waals surface area (Å²) in [7, 11) is 0.219. The zero-order chi connectivity index (χ0) is 43.3. The van der Waals surface area contributed by atoms with Crippen molar-refractivity contribution in [2.24, 2.45) is 0 Å². The molecule has 18 nitrogen and oxygen atoms in total. The smallest absolute Gasteiger partial charge is 0.410 e. The maximum absolute atomic E-state index is 12.4. The lowest BCUT2D eigenvalue weighted by atomic mass is 10.2. The predicted molar refractivity (Wildman–Crippen MR) is 237 cm³/mol. The number of anilines is 2. The molecule has 57 heavy (non-hydrogen) atoms. The summed E-state index contributed by atoms with van der Waals surface area (Å²) in [5.74, 6) is 0.346. The van der Waals surface area contributed by atoms with Gasteiger partial charge in [0, 0.05) is 53.1 Å². The van der Waals surface area contributed by atoms with Crippen LogP contribution in [0.25, 0.3) is 0 Å². The Morgan fingerprint density at radius 3 is 1.58 bits per heavy atom. The molecular formula is C34H62Br2N8O10S3. The van der Waals surface area contributed by atoms with Gasteiger partial charge in [0.1, 0.15) is 30.2 Å². The van der Waals surface area contributed by atoms with Gasteiger partial charge in [-0.2, -0.15) is 13.5 Å². The zero-order valence-corrected chi connectivity index (χ0v) is 40.4. The Hall–Kier alpha value is -2.67. The summed E-state index contributed by atoms with van der Waals surface area (Å²) in [5, 5.41) is 10.1. The first-order valence-electron chi connectivity index (χ1n) is 17.5. The molecule has 23 heteroatoms. The summed E-state index contributed by atoms with van der Waals surface area (Å²) in [4.78, 5) is 34.2. The number of hydrogen-bond acceptors (Lipinski definition) is 14. The first-order valence-corrected chi connectivity index (χ1v) is 22.4. The van der Waals surface area contributed by atoms with Gasteiger partial charge in [0.05, 0.1) is 18.1 Å². The van der Waals surface area contributed by atoms with Crippen molar-refractivity contribution in [1.29, 1.82) is 0 Å². The van der Waals surface area contributed by atoms with E-state index in [9.17, 15) is 21.6 Å². The summed E-state index contributed by atoms with van der Waals surface area (Å²) in [6, 6.07) is 3.50. The number of nitrogens with one attached hydrogen (secondary N) is 3. The number of pyridine rings is 2. The molecule has 0 atom stereocenters. The second-order valence-corrected chi connectivity index (χ2v) is 19.7. The van der Waals surface area contributed by atoms with Crippen LogP contribution in [-0.2, 0) is 29.6 Å². The van der Waals surface area contributed by atoms with Gasteiger partial charge in [0.15, 0.2) is 0 Å². The van der Waals surface area contributed by atoms with Crippen LogP contribution in [0.4, 0.5) is 16.2 Å². The first kappa shape index (κ1) is 56.4. The Bertz CT molecular complexity index is 1700. The predicted octanol–water partition coefficient (Wildman–Crippen LogP) is 4.51. The summed E-state index contributed by atoms with van der Waals surface area (Å²) < 4.78 is 72.1. The summed E-state index contributed by atoms with van der Waals surface area (Å²) in [6.45, 7) is 15.3. The first-order chi connectivity index (χ1) is 25.8. The minimum absolute atomic E-state index is 0. The van der Waals surface area contributed by atoms with E-state index in [0.29, 0.717) is 46.9 Å². The number of sulfonamides is 2. The fourth-order valence-electron chi connectivity index (χ4n) is 3.89. The van der Waals surface area contributed by atoms with E-state index in [-0.39, 0.29) is 68.1 Å². The standard InChI is InChI=1S/C19H33BrN4O5S.C14H25BrN4O3S.CH2O2.H2S/c1-14(2)24(18(25)29-19(3,4)5)8-10-28-17-16(12-15(20)13-21-17)22-30(26,27)11-9-23(6)7;1-11(2)16-5-7-22-14-13(9-12(15)10-17-14)18-23(20,21)8-6-19(3)4;2-1-3;/h12-14,22H,8-11H2,1-7H3;9-11,16,18H,5-8H2,1-4H3;1H,(H,2,3);1H2. The second kappa shape index (κ2) is 27.9. The lowest BCUT2D eigenvalue weighted by Gasteiger charge is -2.30. The highest BCUT2D eigenvalue weighted by Crippen LogP contribution is 2.27. The fraction of sp³-hybridized carbons (Fsp3) is 0.647. The van der Waals surface area contributed by atoms with Crippen LogP contribution in [0.1, 0.15) is 48.5 Å². The number of carboxylic acid groups (broad SMARTS) is 1. The van der Waals surface area contributed by atoms with Gasteiger partial charge in [0.2, 0.25) is 31.8 Å². The lowest BCUT2D eigenvalue weighted by Crippen LogP contribution is -2.43. The van der Waals surface area contributed by atoms with Crippen molar-refractivity contribution in [2.75, 3.05) is 88.5 Å². The second-order valence-electron chi connectivity index (χ2n) is 14.1. The van der Waals surface area contributed by atoms with Gasteiger partial charge in [-0.25, -0.2) is 31.6 Å². The number of halogens is 2. The zero-order valence-electron chi connectivity index (χ0n) is 34.6. The third-order valence-electron chi connectivity index (χ3n) is 6.50. The number of carbonyl (C=O) groups is 2. The molecule has 2 heterocycles. The van der Waals surface area contributed by atoms with Crippen molar-refractivity contribution in [3.8, 4) is 11.8 Å². The van der Waals surface area contributed by atoms with Gasteiger partial charge in [-0.3, -0.25) is 14.2 Å². The Morgan fingerprint density at radius 1 is 0.825 bits per heavy atom. The molecular weight excluding hydrogens is 936 g/mol. The number of aromatic nitrogens is 2. The highest BCUT2D eigenvalue weighted by Gasteiger charge is 2.24. The number of hydrogen-bond donors (Lipinski definition) is 4. The Balaban J connectivity index is 0. The Morgan fingerprint density at radius 2 is 1.23 bits per heavy atom. The van der Waals surface area contributed by atoms with Crippen molar-refractivity contribution in [1.82, 2.24) is 30.0 Å². The van der Waals surface area contributed by atoms with Crippen LogP contribution in [0.15, 0.2) is 33.5 Å². The van der Waals surface area contributed by atoms with Crippen molar-refractivity contribution in [3.05, 3.63) is 33.5 Å². The van der Waals surface area contributed by atoms with E-state index in [2.05, 4.69) is 56.6 Å². The molecule has 0 aliphatic rings. The Labute approximate surface area is 363 Å². The minimum Gasteiger partial charge on any atom is -0.483 e. The summed E-state index contributed by atoms with van der Waals surface area (Å²) in [6.07, 6.45) is 2.65. The number of amides is 1. The summed E-state index contributed by atoms with van der Waals surface area (Å²) in [5.41, 5.74) is -0.0322. The third kappa shape index (κ3) is 27.6. The monoisotopic (exact) mass is 996 g/mol. The van der Waals surface area contributed by atoms with Gasteiger partial charge in [-0.05, 0) is 107 Å². The van der Waals surface area contributed by atoms with E-state index in [0.717, 1.165) is 0 Å². The molecule has 0 aliphatic carbocycles. The highest BCUT2D eigenvalue weighted by molar-refractivity contribution is 9.10. The molecule has 2 aromatic heterocycles. The molecule has 1 amide bonds. The largest absolute Gasteiger partial charge is 0.483 e. The number of nitrogens with zero attached hydrogens (tertiary/aromatic N) is 5. The average Bonchev–Trinajstić information content (AvgIpc) is 3.04. The van der Waals surface area contributed by atoms with Gasteiger partial charge < -0.3 is 39.3 Å². The van der Waals surface area contributed by atoms with Gasteiger partial charge in [-0.1, -0.05) is 13.8 Å². The van der Waals surface area contributed by atoms with Gasteiger partial charge in [-0.15, -0.1) is 0 Å². The van der Waals surface area contributed by atoms with Crippen LogP contribution in [0.5, 0.6) is 11.8 Å². The molecule has 0 spiro atoms. The normalized spacial score (nSPS) is 11.5. The van der Waals surface area contributed by atoms with Crippen LogP contribution in [0, 0.1) is 0 Å². The van der Waals surface area contributed by atoms with Crippen molar-refractivity contribution >= 4 is 89.3 Å². The maximum Gasteiger partial charge on any atom is 0.410 e. The molecule has 330 valence electrons. The SMILES string of the molecule is CC(C)N(CCOc1ncc(Br)cc1NS(=O)(=O)CCN(C)C)C(=O)OC(C)(C)C.CC(C)NCCOc1ncc(Br)cc1NS(=O)(=O)CCN(C)C.O=CO.S. The van der Waals surface area contributed by atoms with Crippen LogP contribution in [-0.4, -0.2) is 156 Å². The number of ether oxygens (including phenoxy) is 3. The van der Waals surface area contributed by atoms with Crippen LogP contribution in [0.3, 0.4) is 0 Å². The van der Waals surface area contributed by atoms with E-state index in [1.807, 2.05) is 46.7 Å². The van der Waals surface area contributed by atoms with Crippen LogP contribution < -0.4 is 24.2 Å². The van der Waals surface area contributed by atoms with Crippen molar-refractivity contribution < 1.29 is 45.7 Å². The number of rotatable bonds is 20. The molecule has 2 aromatic rings. The van der Waals surface area contributed by atoms with Crippen molar-refractivity contribution in [2.45, 2.75) is 66.2 Å².